The van der Waals surface area contributed by atoms with E-state index in [4.69, 9.17) is 0 Å². The molecular formula is C17H16N2OS. The lowest BCUT2D eigenvalue weighted by atomic mass is 10.2. The summed E-state index contributed by atoms with van der Waals surface area (Å²) in [6.45, 7) is 2.01. The van der Waals surface area contributed by atoms with Crippen LogP contribution in [0.1, 0.15) is 28.3 Å². The van der Waals surface area contributed by atoms with Gasteiger partial charge in [-0.1, -0.05) is 30.3 Å². The van der Waals surface area contributed by atoms with E-state index in [2.05, 4.69) is 11.1 Å². The second kappa shape index (κ2) is 5.66. The highest BCUT2D eigenvalue weighted by atomic mass is 32.1. The van der Waals surface area contributed by atoms with Crippen molar-refractivity contribution in [2.45, 2.75) is 13.0 Å². The van der Waals surface area contributed by atoms with E-state index in [-0.39, 0.29) is 11.9 Å². The fraction of sp³-hybridized carbons (Fsp3) is 0.176. The highest BCUT2D eigenvalue weighted by Crippen LogP contribution is 2.29. The Morgan fingerprint density at radius 3 is 2.48 bits per heavy atom. The van der Waals surface area contributed by atoms with E-state index < -0.39 is 0 Å². The Balaban J connectivity index is 1.87. The lowest BCUT2D eigenvalue weighted by molar-refractivity contribution is 0.0742. The molecule has 0 aliphatic carbocycles. The average Bonchev–Trinajstić information content (AvgIpc) is 2.97. The molecule has 0 spiro atoms. The number of carbonyl (C=O) groups excluding carboxylic acids is 1. The average molecular weight is 296 g/mol. The van der Waals surface area contributed by atoms with Crippen molar-refractivity contribution < 1.29 is 4.79 Å². The number of para-hydroxylation sites is 1. The van der Waals surface area contributed by atoms with Gasteiger partial charge in [0.1, 0.15) is 5.01 Å². The van der Waals surface area contributed by atoms with Gasteiger partial charge in [0.2, 0.25) is 0 Å². The first-order chi connectivity index (χ1) is 10.2. The SMILES string of the molecule is C[C@H](c1nc2ccccc2s1)N(C)C(=O)c1ccccc1. The number of hydrogen-bond acceptors (Lipinski definition) is 3. The maximum absolute atomic E-state index is 12.5. The lowest BCUT2D eigenvalue weighted by Gasteiger charge is -2.23. The van der Waals surface area contributed by atoms with Gasteiger partial charge in [0.15, 0.2) is 0 Å². The minimum absolute atomic E-state index is 0.0161. The fourth-order valence-electron chi connectivity index (χ4n) is 2.19. The Hall–Kier alpha value is -2.20. The van der Waals surface area contributed by atoms with Crippen molar-refractivity contribution in [3.8, 4) is 0 Å². The molecule has 0 bridgehead atoms. The van der Waals surface area contributed by atoms with Crippen LogP contribution < -0.4 is 0 Å². The predicted molar refractivity (Wildman–Crippen MR) is 86.6 cm³/mol. The summed E-state index contributed by atoms with van der Waals surface area (Å²) >= 11 is 1.64. The second-order valence-electron chi connectivity index (χ2n) is 4.98. The highest BCUT2D eigenvalue weighted by Gasteiger charge is 2.21. The molecule has 3 rings (SSSR count). The van der Waals surface area contributed by atoms with Gasteiger partial charge in [-0.2, -0.15) is 0 Å². The summed E-state index contributed by atoms with van der Waals surface area (Å²) in [5.74, 6) is 0.0161. The monoisotopic (exact) mass is 296 g/mol. The standard InChI is InChI=1S/C17H16N2OS/c1-12(16-18-14-10-6-7-11-15(14)21-16)19(2)17(20)13-8-4-3-5-9-13/h3-12H,1-2H3/t12-/m1/s1. The zero-order valence-electron chi connectivity index (χ0n) is 12.0. The van der Waals surface area contributed by atoms with Crippen molar-refractivity contribution in [3.63, 3.8) is 0 Å². The normalized spacial score (nSPS) is 12.3. The maximum Gasteiger partial charge on any atom is 0.254 e. The molecule has 3 nitrogen and oxygen atoms in total. The van der Waals surface area contributed by atoms with Crippen LogP contribution in [0.25, 0.3) is 10.2 Å². The molecule has 4 heteroatoms. The molecule has 2 aromatic carbocycles. The van der Waals surface area contributed by atoms with E-state index in [1.165, 1.54) is 0 Å². The van der Waals surface area contributed by atoms with Gasteiger partial charge in [-0.05, 0) is 31.2 Å². The van der Waals surface area contributed by atoms with Crippen LogP contribution in [0, 0.1) is 0 Å². The Morgan fingerprint density at radius 2 is 1.76 bits per heavy atom. The molecule has 106 valence electrons. The summed E-state index contributed by atoms with van der Waals surface area (Å²) in [4.78, 5) is 18.9. The van der Waals surface area contributed by atoms with Crippen LogP contribution in [-0.4, -0.2) is 22.8 Å². The lowest BCUT2D eigenvalue weighted by Crippen LogP contribution is -2.29. The molecule has 0 saturated heterocycles. The molecule has 1 amide bonds. The highest BCUT2D eigenvalue weighted by molar-refractivity contribution is 7.18. The summed E-state index contributed by atoms with van der Waals surface area (Å²) in [6.07, 6.45) is 0. The molecule has 0 unspecified atom stereocenters. The Morgan fingerprint density at radius 1 is 1.10 bits per heavy atom. The van der Waals surface area contributed by atoms with Crippen molar-refractivity contribution in [1.29, 1.82) is 0 Å². The molecule has 0 aliphatic heterocycles. The van der Waals surface area contributed by atoms with Gasteiger partial charge in [-0.25, -0.2) is 4.98 Å². The van der Waals surface area contributed by atoms with Gasteiger partial charge in [-0.3, -0.25) is 4.79 Å². The smallest absolute Gasteiger partial charge is 0.254 e. The molecule has 1 aromatic heterocycles. The summed E-state index contributed by atoms with van der Waals surface area (Å²) in [6, 6.07) is 17.3. The van der Waals surface area contributed by atoms with E-state index in [0.29, 0.717) is 5.56 Å². The van der Waals surface area contributed by atoms with Crippen LogP contribution in [0.2, 0.25) is 0 Å². The molecule has 21 heavy (non-hydrogen) atoms. The van der Waals surface area contributed by atoms with Crippen LogP contribution >= 0.6 is 11.3 Å². The number of aromatic nitrogens is 1. The van der Waals surface area contributed by atoms with Crippen LogP contribution in [0.15, 0.2) is 54.6 Å². The topological polar surface area (TPSA) is 33.2 Å². The van der Waals surface area contributed by atoms with E-state index in [9.17, 15) is 4.79 Å². The predicted octanol–water partition coefficient (Wildman–Crippen LogP) is 4.13. The quantitative estimate of drug-likeness (QED) is 0.728. The minimum atomic E-state index is -0.0462. The number of amides is 1. The van der Waals surface area contributed by atoms with Gasteiger partial charge < -0.3 is 4.90 Å². The first-order valence-corrected chi connectivity index (χ1v) is 7.66. The Kier molecular flexibility index (Phi) is 3.71. The second-order valence-corrected chi connectivity index (χ2v) is 6.04. The number of benzene rings is 2. The number of rotatable bonds is 3. The Labute approximate surface area is 127 Å². The molecule has 0 aliphatic rings. The minimum Gasteiger partial charge on any atom is -0.333 e. The maximum atomic E-state index is 12.5. The van der Waals surface area contributed by atoms with E-state index in [1.807, 2.05) is 62.5 Å². The summed E-state index contributed by atoms with van der Waals surface area (Å²) in [5, 5.41) is 0.961. The van der Waals surface area contributed by atoms with Gasteiger partial charge in [0, 0.05) is 12.6 Å². The van der Waals surface area contributed by atoms with Gasteiger partial charge >= 0.3 is 0 Å². The molecule has 0 N–H and O–H groups in total. The van der Waals surface area contributed by atoms with Crippen molar-refractivity contribution in [3.05, 3.63) is 65.2 Å². The van der Waals surface area contributed by atoms with E-state index in [1.54, 1.807) is 16.2 Å². The van der Waals surface area contributed by atoms with E-state index >= 15 is 0 Å². The number of carbonyl (C=O) groups is 1. The largest absolute Gasteiger partial charge is 0.333 e. The zero-order valence-corrected chi connectivity index (χ0v) is 12.8. The third-order valence-corrected chi connectivity index (χ3v) is 4.80. The van der Waals surface area contributed by atoms with Crippen molar-refractivity contribution in [1.82, 2.24) is 9.88 Å². The van der Waals surface area contributed by atoms with Crippen molar-refractivity contribution >= 4 is 27.5 Å². The number of thiazole rings is 1. The summed E-state index contributed by atoms with van der Waals surface area (Å²) in [5.41, 5.74) is 1.69. The molecule has 0 saturated carbocycles. The zero-order chi connectivity index (χ0) is 14.8. The van der Waals surface area contributed by atoms with Crippen LogP contribution in [0.4, 0.5) is 0 Å². The van der Waals surface area contributed by atoms with Gasteiger partial charge in [0.05, 0.1) is 16.3 Å². The van der Waals surface area contributed by atoms with Crippen LogP contribution in [0.5, 0.6) is 0 Å². The molecular weight excluding hydrogens is 280 g/mol. The van der Waals surface area contributed by atoms with Crippen molar-refractivity contribution in [2.24, 2.45) is 0 Å². The van der Waals surface area contributed by atoms with Gasteiger partial charge in [0.25, 0.3) is 5.91 Å². The Bertz CT molecular complexity index is 734. The summed E-state index contributed by atoms with van der Waals surface area (Å²) in [7, 11) is 1.83. The number of fused-ring (bicyclic) bond motifs is 1. The van der Waals surface area contributed by atoms with Gasteiger partial charge in [-0.15, -0.1) is 11.3 Å². The fourth-order valence-corrected chi connectivity index (χ4v) is 3.26. The molecule has 0 radical (unpaired) electrons. The van der Waals surface area contributed by atoms with Crippen LogP contribution in [0.3, 0.4) is 0 Å². The van der Waals surface area contributed by atoms with Crippen LogP contribution in [-0.2, 0) is 0 Å². The third-order valence-electron chi connectivity index (χ3n) is 3.59. The molecule has 1 heterocycles. The molecule has 0 fully saturated rings. The molecule has 3 aromatic rings. The first kappa shape index (κ1) is 13.8. The van der Waals surface area contributed by atoms with Crippen molar-refractivity contribution in [2.75, 3.05) is 7.05 Å². The number of nitrogens with zero attached hydrogens (tertiary/aromatic N) is 2. The summed E-state index contributed by atoms with van der Waals surface area (Å²) < 4.78 is 1.15. The number of hydrogen-bond donors (Lipinski definition) is 0. The first-order valence-electron chi connectivity index (χ1n) is 6.84. The molecule has 1 atom stereocenters. The third kappa shape index (κ3) is 2.67. The van der Waals surface area contributed by atoms with E-state index in [0.717, 1.165) is 15.2 Å².